The smallest absolute Gasteiger partial charge is 0.266 e. The van der Waals surface area contributed by atoms with Crippen molar-refractivity contribution >= 4 is 64.1 Å². The van der Waals surface area contributed by atoms with Gasteiger partial charge in [0.15, 0.2) is 5.60 Å². The number of rotatable bonds is 10. The first kappa shape index (κ1) is 34.4. The third kappa shape index (κ3) is 7.28. The number of allylic oxidation sites excluding steroid dienone is 1. The quantitative estimate of drug-likeness (QED) is 0.258. The molecule has 0 radical (unpaired) electrons. The van der Waals surface area contributed by atoms with Gasteiger partial charge in [0.2, 0.25) is 5.91 Å². The lowest BCUT2D eigenvalue weighted by Crippen LogP contribution is -2.54. The minimum absolute atomic E-state index is 0.0873. The van der Waals surface area contributed by atoms with Crippen LogP contribution in [0.4, 0.5) is 5.69 Å². The van der Waals surface area contributed by atoms with Crippen LogP contribution in [0.2, 0.25) is 15.1 Å². The normalized spacial score (nSPS) is 19.9. The van der Waals surface area contributed by atoms with E-state index in [9.17, 15) is 9.59 Å². The van der Waals surface area contributed by atoms with Gasteiger partial charge >= 0.3 is 0 Å². The molecule has 3 aliphatic rings. The Morgan fingerprint density at radius 2 is 1.80 bits per heavy atom. The number of nitrogens with one attached hydrogen (secondary N) is 2. The first-order valence-corrected chi connectivity index (χ1v) is 17.1. The molecule has 2 amide bonds. The Morgan fingerprint density at radius 3 is 2.43 bits per heavy atom. The molecule has 248 valence electrons. The first-order chi connectivity index (χ1) is 22.0. The van der Waals surface area contributed by atoms with Gasteiger partial charge in [0, 0.05) is 68.3 Å². The van der Waals surface area contributed by atoms with E-state index in [2.05, 4.69) is 10.2 Å². The lowest BCUT2D eigenvalue weighted by molar-refractivity contribution is -0.146. The van der Waals surface area contributed by atoms with Gasteiger partial charge in [-0.15, -0.1) is 0 Å². The lowest BCUT2D eigenvalue weighted by atomic mass is 9.94. The van der Waals surface area contributed by atoms with Gasteiger partial charge in [-0.3, -0.25) is 9.59 Å². The van der Waals surface area contributed by atoms with Crippen molar-refractivity contribution in [2.24, 2.45) is 11.7 Å². The summed E-state index contributed by atoms with van der Waals surface area (Å²) in [7, 11) is 0. The largest absolute Gasteiger partial charge is 0.476 e. The van der Waals surface area contributed by atoms with Gasteiger partial charge in [-0.25, -0.2) is 0 Å². The van der Waals surface area contributed by atoms with Gasteiger partial charge in [-0.2, -0.15) is 0 Å². The number of piperazine rings is 1. The Morgan fingerprint density at radius 1 is 1.09 bits per heavy atom. The minimum Gasteiger partial charge on any atom is -0.476 e. The molecule has 1 unspecified atom stereocenters. The topological polar surface area (TPSA) is 115 Å². The van der Waals surface area contributed by atoms with Gasteiger partial charge in [0.1, 0.15) is 10.8 Å². The van der Waals surface area contributed by atoms with Crippen LogP contribution in [0, 0.1) is 11.3 Å². The van der Waals surface area contributed by atoms with Gasteiger partial charge in [0.05, 0.1) is 22.7 Å². The van der Waals surface area contributed by atoms with Crippen molar-refractivity contribution < 1.29 is 14.3 Å². The number of carbonyl (C=O) groups is 2. The van der Waals surface area contributed by atoms with Crippen LogP contribution in [0.25, 0.3) is 5.57 Å². The van der Waals surface area contributed by atoms with E-state index in [1.165, 1.54) is 12.4 Å². The molecular weight excluding hydrogens is 647 g/mol. The van der Waals surface area contributed by atoms with Crippen LogP contribution in [-0.4, -0.2) is 78.7 Å². The van der Waals surface area contributed by atoms with Crippen LogP contribution in [-0.2, 0) is 9.59 Å². The molecule has 3 fully saturated rings. The number of nitrogens with zero attached hydrogens (tertiary/aromatic N) is 3. The monoisotopic (exact) mass is 688 g/mol. The van der Waals surface area contributed by atoms with E-state index in [-0.39, 0.29) is 29.8 Å². The Balaban J connectivity index is 1.34. The zero-order valence-electron chi connectivity index (χ0n) is 26.6. The highest BCUT2D eigenvalue weighted by Gasteiger charge is 2.41. The first-order valence-electron chi connectivity index (χ1n) is 15.9. The van der Waals surface area contributed by atoms with Crippen molar-refractivity contribution in [2.75, 3.05) is 44.2 Å². The average Bonchev–Trinajstić information content (AvgIpc) is 3.88. The summed E-state index contributed by atoms with van der Waals surface area (Å²) in [4.78, 5) is 33.5. The number of hydrogen-bond donors (Lipinski definition) is 3. The van der Waals surface area contributed by atoms with Crippen LogP contribution < -0.4 is 20.7 Å². The van der Waals surface area contributed by atoms with Gasteiger partial charge in [-0.05, 0) is 75.8 Å². The summed E-state index contributed by atoms with van der Waals surface area (Å²) in [6, 6.07) is 8.97. The number of carbonyl (C=O) groups excluding carboxylic acids is 2. The molecule has 0 bridgehead atoms. The molecule has 5 rings (SSSR count). The Kier molecular flexibility index (Phi) is 10.8. The molecule has 2 atom stereocenters. The summed E-state index contributed by atoms with van der Waals surface area (Å²) in [5.74, 6) is 0.108. The van der Waals surface area contributed by atoms with E-state index < -0.39 is 5.60 Å². The molecule has 2 heterocycles. The van der Waals surface area contributed by atoms with Crippen LogP contribution in [0.1, 0.15) is 63.6 Å². The number of hydrogen-bond acceptors (Lipinski definition) is 7. The van der Waals surface area contributed by atoms with Crippen molar-refractivity contribution in [1.29, 1.82) is 5.41 Å². The van der Waals surface area contributed by atoms with E-state index in [0.29, 0.717) is 58.3 Å². The van der Waals surface area contributed by atoms with Gasteiger partial charge in [-0.1, -0.05) is 46.9 Å². The van der Waals surface area contributed by atoms with E-state index >= 15 is 0 Å². The van der Waals surface area contributed by atoms with E-state index in [1.54, 1.807) is 36.9 Å². The van der Waals surface area contributed by atoms with Crippen LogP contribution in [0.5, 0.6) is 5.75 Å². The maximum atomic E-state index is 14.3. The fourth-order valence-electron chi connectivity index (χ4n) is 6.51. The summed E-state index contributed by atoms with van der Waals surface area (Å²) in [6.45, 7) is 9.42. The minimum atomic E-state index is -1.13. The summed E-state index contributed by atoms with van der Waals surface area (Å²) < 4.78 is 6.28. The lowest BCUT2D eigenvalue weighted by Gasteiger charge is -2.39. The average molecular weight is 690 g/mol. The zero-order valence-corrected chi connectivity index (χ0v) is 28.9. The molecule has 2 saturated heterocycles. The second-order valence-corrected chi connectivity index (χ2v) is 14.0. The Bertz CT molecular complexity index is 1510. The second-order valence-electron chi connectivity index (χ2n) is 12.8. The number of anilines is 1. The predicted octanol–water partition coefficient (Wildman–Crippen LogP) is 6.15. The third-order valence-electron chi connectivity index (χ3n) is 9.13. The number of ether oxygens (including phenoxy) is 1. The van der Waals surface area contributed by atoms with E-state index in [0.717, 1.165) is 49.9 Å². The molecule has 1 saturated carbocycles. The standard InChI is InChI=1S/C34H43Cl3N6O3/c1-21(26-9-6-22(17-28(26)36)24(18-38)19-39)43(25-7-8-25)32(44)23-5-4-14-42(20-23)31-27(35)10-11-29(30(31)37)46-34(2,3)33(45)41-15-12-40-13-16-41/h6,9-11,17-19,21,23,25,38,40H,4-5,7-8,12-16,20,39H2,1-3H3/b24-19+,38-18?/t21?,23-/m1/s1. The summed E-state index contributed by atoms with van der Waals surface area (Å²) in [5.41, 5.74) is 7.34. The molecule has 2 aliphatic heterocycles. The van der Waals surface area contributed by atoms with Crippen molar-refractivity contribution in [1.82, 2.24) is 15.1 Å². The number of benzene rings is 2. The summed E-state index contributed by atoms with van der Waals surface area (Å²) >= 11 is 20.5. The maximum absolute atomic E-state index is 14.3. The number of nitrogens with two attached hydrogens (primary N) is 1. The summed E-state index contributed by atoms with van der Waals surface area (Å²) in [6.07, 6.45) is 6.02. The highest BCUT2D eigenvalue weighted by Crippen LogP contribution is 2.44. The molecule has 0 aromatic heterocycles. The SMILES string of the molecule is CC(c1ccc(/C(C=N)=C/N)cc1Cl)N(C(=O)[C@@H]1CCCN(c2c(Cl)ccc(OC(C)(C)C(=O)N3CCNCC3)c2Cl)C1)C1CC1. The highest BCUT2D eigenvalue weighted by atomic mass is 35.5. The van der Waals surface area contributed by atoms with Crippen LogP contribution >= 0.6 is 34.8 Å². The molecule has 0 spiro atoms. The van der Waals surface area contributed by atoms with Gasteiger partial charge < -0.3 is 35.9 Å². The zero-order chi connectivity index (χ0) is 33.2. The molecule has 9 nitrogen and oxygen atoms in total. The van der Waals surface area contributed by atoms with Crippen molar-refractivity contribution in [3.63, 3.8) is 0 Å². The summed E-state index contributed by atoms with van der Waals surface area (Å²) in [5, 5.41) is 12.2. The highest BCUT2D eigenvalue weighted by molar-refractivity contribution is 6.40. The Labute approximate surface area is 286 Å². The van der Waals surface area contributed by atoms with Crippen molar-refractivity contribution in [3.05, 3.63) is 62.7 Å². The molecule has 46 heavy (non-hydrogen) atoms. The predicted molar refractivity (Wildman–Crippen MR) is 186 cm³/mol. The molecule has 1 aliphatic carbocycles. The van der Waals surface area contributed by atoms with Crippen molar-refractivity contribution in [2.45, 2.75) is 64.1 Å². The fourth-order valence-corrected chi connectivity index (χ4v) is 7.50. The number of halogens is 3. The molecule has 12 heteroatoms. The second kappa shape index (κ2) is 14.4. The molecule has 4 N–H and O–H groups in total. The van der Waals surface area contributed by atoms with Crippen LogP contribution in [0.15, 0.2) is 36.5 Å². The van der Waals surface area contributed by atoms with E-state index in [1.807, 2.05) is 24.0 Å². The number of piperidine rings is 1. The van der Waals surface area contributed by atoms with Gasteiger partial charge in [0.25, 0.3) is 5.91 Å². The molecular formula is C34H43Cl3N6O3. The molecule has 2 aromatic carbocycles. The Hall–Kier alpha value is -2.98. The molecule has 2 aromatic rings. The maximum Gasteiger partial charge on any atom is 0.266 e. The van der Waals surface area contributed by atoms with E-state index in [4.69, 9.17) is 50.7 Å². The fraction of sp³-hybridized carbons (Fsp3) is 0.500. The number of amides is 2. The van der Waals surface area contributed by atoms with Crippen LogP contribution in [0.3, 0.4) is 0 Å². The van der Waals surface area contributed by atoms with Crippen molar-refractivity contribution in [3.8, 4) is 5.75 Å². The third-order valence-corrected chi connectivity index (χ3v) is 10.1.